The van der Waals surface area contributed by atoms with Crippen LogP contribution >= 0.6 is 0 Å². The number of carbonyl (C=O) groups is 2. The quantitative estimate of drug-likeness (QED) is 0.634. The standard InChI is InChI=1S/C19H19N3O2/c1-15-7-5-11-17(13-15)19(24)20-14-18(23)22-21-12-6-10-16-8-3-2-4-9-16/h2-13H,14H2,1H3,(H,20,24)(H,22,23)/b10-6+,21-12-. The number of carbonyl (C=O) groups excluding carboxylic acids is 2. The Hall–Kier alpha value is -3.21. The molecular formula is C19H19N3O2. The van der Waals surface area contributed by atoms with E-state index in [0.717, 1.165) is 11.1 Å². The zero-order valence-electron chi connectivity index (χ0n) is 13.4. The molecule has 2 N–H and O–H groups in total. The number of aryl methyl sites for hydroxylation is 1. The number of hydrogen-bond acceptors (Lipinski definition) is 3. The van der Waals surface area contributed by atoms with Crippen molar-refractivity contribution in [1.29, 1.82) is 0 Å². The molecule has 24 heavy (non-hydrogen) atoms. The summed E-state index contributed by atoms with van der Waals surface area (Å²) >= 11 is 0. The normalized spacial score (nSPS) is 10.9. The summed E-state index contributed by atoms with van der Waals surface area (Å²) in [5, 5.41) is 6.34. The minimum absolute atomic E-state index is 0.132. The monoisotopic (exact) mass is 321 g/mol. The highest BCUT2D eigenvalue weighted by Crippen LogP contribution is 2.03. The largest absolute Gasteiger partial charge is 0.343 e. The molecule has 5 nitrogen and oxygen atoms in total. The van der Waals surface area contributed by atoms with Crippen LogP contribution in [-0.2, 0) is 4.79 Å². The summed E-state index contributed by atoms with van der Waals surface area (Å²) in [5.74, 6) is -0.679. The van der Waals surface area contributed by atoms with Gasteiger partial charge in [0, 0.05) is 11.8 Å². The second kappa shape index (κ2) is 9.05. The van der Waals surface area contributed by atoms with Gasteiger partial charge in [0.25, 0.3) is 11.8 Å². The van der Waals surface area contributed by atoms with Crippen molar-refractivity contribution in [2.24, 2.45) is 5.10 Å². The zero-order chi connectivity index (χ0) is 17.2. The molecule has 0 aliphatic heterocycles. The van der Waals surface area contributed by atoms with E-state index in [1.807, 2.05) is 49.4 Å². The third kappa shape index (κ3) is 5.88. The topological polar surface area (TPSA) is 70.6 Å². The minimum Gasteiger partial charge on any atom is -0.343 e. The van der Waals surface area contributed by atoms with Crippen molar-refractivity contribution in [3.8, 4) is 0 Å². The number of benzene rings is 2. The zero-order valence-corrected chi connectivity index (χ0v) is 13.4. The van der Waals surface area contributed by atoms with E-state index in [0.29, 0.717) is 5.56 Å². The first-order valence-electron chi connectivity index (χ1n) is 7.53. The summed E-state index contributed by atoms with van der Waals surface area (Å²) in [6.07, 6.45) is 5.07. The maximum absolute atomic E-state index is 11.9. The Morgan fingerprint density at radius 3 is 2.62 bits per heavy atom. The summed E-state index contributed by atoms with van der Waals surface area (Å²) in [4.78, 5) is 23.5. The van der Waals surface area contributed by atoms with Gasteiger partial charge in [0.1, 0.15) is 0 Å². The van der Waals surface area contributed by atoms with Crippen LogP contribution in [0.25, 0.3) is 6.08 Å². The fraction of sp³-hybridized carbons (Fsp3) is 0.105. The summed E-state index contributed by atoms with van der Waals surface area (Å²) in [7, 11) is 0. The van der Waals surface area contributed by atoms with Crippen LogP contribution in [0.15, 0.2) is 65.8 Å². The molecule has 2 amide bonds. The average molecular weight is 321 g/mol. The van der Waals surface area contributed by atoms with Crippen LogP contribution in [0.4, 0.5) is 0 Å². The SMILES string of the molecule is Cc1cccc(C(=O)NCC(=O)N/N=C\C=C\c2ccccc2)c1. The van der Waals surface area contributed by atoms with E-state index < -0.39 is 0 Å². The van der Waals surface area contributed by atoms with Crippen LogP contribution in [0.1, 0.15) is 21.5 Å². The van der Waals surface area contributed by atoms with E-state index in [1.54, 1.807) is 24.3 Å². The van der Waals surface area contributed by atoms with E-state index in [-0.39, 0.29) is 18.4 Å². The lowest BCUT2D eigenvalue weighted by molar-refractivity contribution is -0.120. The lowest BCUT2D eigenvalue weighted by Gasteiger charge is -2.04. The Labute approximate surface area is 141 Å². The van der Waals surface area contributed by atoms with Crippen molar-refractivity contribution in [2.75, 3.05) is 6.54 Å². The van der Waals surface area contributed by atoms with Crippen LogP contribution in [0.5, 0.6) is 0 Å². The lowest BCUT2D eigenvalue weighted by Crippen LogP contribution is -2.34. The first-order valence-corrected chi connectivity index (χ1v) is 7.53. The molecule has 0 aromatic heterocycles. The number of allylic oxidation sites excluding steroid dienone is 1. The predicted octanol–water partition coefficient (Wildman–Crippen LogP) is 2.54. The molecule has 0 radical (unpaired) electrons. The molecule has 0 fully saturated rings. The second-order valence-electron chi connectivity index (χ2n) is 5.14. The van der Waals surface area contributed by atoms with Gasteiger partial charge in [0.05, 0.1) is 6.54 Å². The smallest absolute Gasteiger partial charge is 0.259 e. The molecule has 0 saturated carbocycles. The van der Waals surface area contributed by atoms with Crippen molar-refractivity contribution < 1.29 is 9.59 Å². The summed E-state index contributed by atoms with van der Waals surface area (Å²) < 4.78 is 0. The average Bonchev–Trinajstić information content (AvgIpc) is 2.60. The highest BCUT2D eigenvalue weighted by molar-refractivity contribution is 5.96. The Bertz CT molecular complexity index is 752. The minimum atomic E-state index is -0.389. The van der Waals surface area contributed by atoms with E-state index in [2.05, 4.69) is 15.8 Å². The van der Waals surface area contributed by atoms with Gasteiger partial charge < -0.3 is 5.32 Å². The van der Waals surface area contributed by atoms with Gasteiger partial charge >= 0.3 is 0 Å². The van der Waals surface area contributed by atoms with E-state index in [4.69, 9.17) is 0 Å². The molecule has 0 aliphatic carbocycles. The van der Waals surface area contributed by atoms with Crippen LogP contribution in [0.3, 0.4) is 0 Å². The Kier molecular flexibility index (Phi) is 6.46. The predicted molar refractivity (Wildman–Crippen MR) is 95.6 cm³/mol. The molecule has 2 aromatic rings. The van der Waals surface area contributed by atoms with Crippen LogP contribution in [-0.4, -0.2) is 24.6 Å². The summed E-state index contributed by atoms with van der Waals surface area (Å²) in [6.45, 7) is 1.77. The van der Waals surface area contributed by atoms with E-state index >= 15 is 0 Å². The summed E-state index contributed by atoms with van der Waals surface area (Å²) in [6, 6.07) is 16.9. The highest BCUT2D eigenvalue weighted by atomic mass is 16.2. The molecule has 2 aromatic carbocycles. The molecule has 5 heteroatoms. The molecule has 0 heterocycles. The number of rotatable bonds is 6. The van der Waals surface area contributed by atoms with Crippen LogP contribution < -0.4 is 10.7 Å². The molecule has 0 saturated heterocycles. The first-order chi connectivity index (χ1) is 11.6. The molecular weight excluding hydrogens is 302 g/mol. The highest BCUT2D eigenvalue weighted by Gasteiger charge is 2.07. The van der Waals surface area contributed by atoms with Gasteiger partial charge in [-0.3, -0.25) is 9.59 Å². The Morgan fingerprint density at radius 2 is 1.88 bits per heavy atom. The molecule has 0 spiro atoms. The van der Waals surface area contributed by atoms with Gasteiger partial charge in [-0.2, -0.15) is 5.10 Å². The van der Waals surface area contributed by atoms with Gasteiger partial charge in [-0.25, -0.2) is 5.43 Å². The molecule has 0 atom stereocenters. The van der Waals surface area contributed by atoms with Gasteiger partial charge in [-0.15, -0.1) is 0 Å². The van der Waals surface area contributed by atoms with Crippen molar-refractivity contribution in [3.05, 3.63) is 77.4 Å². The van der Waals surface area contributed by atoms with Crippen LogP contribution in [0.2, 0.25) is 0 Å². The van der Waals surface area contributed by atoms with Crippen LogP contribution in [0, 0.1) is 6.92 Å². The van der Waals surface area contributed by atoms with Gasteiger partial charge in [0.2, 0.25) is 0 Å². The van der Waals surface area contributed by atoms with Crippen molar-refractivity contribution in [2.45, 2.75) is 6.92 Å². The van der Waals surface area contributed by atoms with Gasteiger partial charge in [-0.05, 0) is 30.7 Å². The maximum Gasteiger partial charge on any atom is 0.259 e. The lowest BCUT2D eigenvalue weighted by atomic mass is 10.1. The van der Waals surface area contributed by atoms with Gasteiger partial charge in [-0.1, -0.05) is 54.1 Å². The number of nitrogens with zero attached hydrogens (tertiary/aromatic N) is 1. The Morgan fingerprint density at radius 1 is 1.08 bits per heavy atom. The third-order valence-electron chi connectivity index (χ3n) is 3.13. The van der Waals surface area contributed by atoms with Crippen molar-refractivity contribution in [1.82, 2.24) is 10.7 Å². The first kappa shape index (κ1) is 17.1. The third-order valence-corrected chi connectivity index (χ3v) is 3.13. The fourth-order valence-electron chi connectivity index (χ4n) is 1.96. The maximum atomic E-state index is 11.9. The molecule has 0 unspecified atom stereocenters. The van der Waals surface area contributed by atoms with E-state index in [1.165, 1.54) is 6.21 Å². The van der Waals surface area contributed by atoms with E-state index in [9.17, 15) is 9.59 Å². The van der Waals surface area contributed by atoms with Crippen molar-refractivity contribution >= 4 is 24.1 Å². The number of nitrogens with one attached hydrogen (secondary N) is 2. The molecule has 0 bridgehead atoms. The molecule has 122 valence electrons. The molecule has 0 aliphatic rings. The summed E-state index contributed by atoms with van der Waals surface area (Å²) in [5.41, 5.74) is 4.91. The van der Waals surface area contributed by atoms with Gasteiger partial charge in [0.15, 0.2) is 0 Å². The van der Waals surface area contributed by atoms with Crippen molar-refractivity contribution in [3.63, 3.8) is 0 Å². The second-order valence-corrected chi connectivity index (χ2v) is 5.14. The Balaban J connectivity index is 1.72. The number of amides is 2. The molecule has 2 rings (SSSR count). The fourth-order valence-corrected chi connectivity index (χ4v) is 1.96. The number of hydrazone groups is 1. The number of hydrogen-bond donors (Lipinski definition) is 2.